The minimum Gasteiger partial charge on any atom is -0.384 e. The predicted molar refractivity (Wildman–Crippen MR) is 72.4 cm³/mol. The molecule has 0 saturated carbocycles. The first-order valence-electron chi connectivity index (χ1n) is 5.82. The number of amides is 1. The molecule has 1 aromatic rings. The quantitative estimate of drug-likeness (QED) is 0.604. The van der Waals surface area contributed by atoms with Crippen LogP contribution in [-0.2, 0) is 0 Å². The molecule has 0 aliphatic heterocycles. The second-order valence-electron chi connectivity index (χ2n) is 4.10. The van der Waals surface area contributed by atoms with Crippen molar-refractivity contribution in [2.24, 2.45) is 0 Å². The van der Waals surface area contributed by atoms with Gasteiger partial charge in [0.1, 0.15) is 0 Å². The van der Waals surface area contributed by atoms with Gasteiger partial charge in [-0.3, -0.25) is 4.79 Å². The highest BCUT2D eigenvalue weighted by molar-refractivity contribution is 5.99. The van der Waals surface area contributed by atoms with Crippen molar-refractivity contribution in [3.8, 4) is 0 Å². The Bertz CT molecular complexity index is 386. The molecule has 3 heteroatoms. The van der Waals surface area contributed by atoms with E-state index in [1.807, 2.05) is 30.3 Å². The minimum atomic E-state index is 0.0248. The summed E-state index contributed by atoms with van der Waals surface area (Å²) in [6.45, 7) is 4.54. The molecular formula is C14H20N2O. The minimum absolute atomic E-state index is 0.0248. The van der Waals surface area contributed by atoms with E-state index in [0.717, 1.165) is 30.6 Å². The van der Waals surface area contributed by atoms with E-state index in [1.165, 1.54) is 0 Å². The van der Waals surface area contributed by atoms with Crippen LogP contribution in [0.1, 0.15) is 23.2 Å². The lowest BCUT2D eigenvalue weighted by atomic mass is 10.1. The molecule has 0 unspecified atom stereocenters. The van der Waals surface area contributed by atoms with Crippen LogP contribution >= 0.6 is 0 Å². The fourth-order valence-electron chi connectivity index (χ4n) is 1.53. The van der Waals surface area contributed by atoms with Crippen molar-refractivity contribution in [3.63, 3.8) is 0 Å². The lowest BCUT2D eigenvalue weighted by molar-refractivity contribution is 0.0828. The first kappa shape index (κ1) is 13.3. The van der Waals surface area contributed by atoms with Crippen LogP contribution in [0.15, 0.2) is 36.9 Å². The molecule has 0 spiro atoms. The summed E-state index contributed by atoms with van der Waals surface area (Å²) in [5.74, 6) is 0.0248. The van der Waals surface area contributed by atoms with Crippen LogP contribution in [0.25, 0.3) is 0 Å². The Hall–Kier alpha value is -1.77. The molecule has 1 N–H and O–H groups in total. The molecule has 0 aliphatic rings. The highest BCUT2D eigenvalue weighted by Crippen LogP contribution is 2.16. The van der Waals surface area contributed by atoms with Crippen LogP contribution in [0.5, 0.6) is 0 Å². The lowest BCUT2D eigenvalue weighted by Gasteiger charge is -2.15. The Morgan fingerprint density at radius 1 is 1.41 bits per heavy atom. The number of para-hydroxylation sites is 1. The van der Waals surface area contributed by atoms with Crippen molar-refractivity contribution in [1.29, 1.82) is 0 Å². The fraction of sp³-hybridized carbons (Fsp3) is 0.357. The van der Waals surface area contributed by atoms with Crippen LogP contribution in [-0.4, -0.2) is 31.4 Å². The van der Waals surface area contributed by atoms with Gasteiger partial charge in [-0.15, -0.1) is 6.58 Å². The maximum atomic E-state index is 11.9. The molecule has 92 valence electrons. The second kappa shape index (κ2) is 6.74. The number of unbranched alkanes of at least 4 members (excludes halogenated alkanes) is 1. The maximum Gasteiger partial charge on any atom is 0.255 e. The Labute approximate surface area is 103 Å². The number of carbonyl (C=O) groups excluding carboxylic acids is 1. The van der Waals surface area contributed by atoms with Crippen LogP contribution in [0, 0.1) is 0 Å². The first-order valence-corrected chi connectivity index (χ1v) is 5.82. The normalized spacial score (nSPS) is 9.76. The van der Waals surface area contributed by atoms with Crippen LogP contribution in [0.3, 0.4) is 0 Å². The SMILES string of the molecule is C=CCCCNc1ccccc1C(=O)N(C)C. The van der Waals surface area contributed by atoms with Gasteiger partial charge >= 0.3 is 0 Å². The summed E-state index contributed by atoms with van der Waals surface area (Å²) < 4.78 is 0. The van der Waals surface area contributed by atoms with Crippen molar-refractivity contribution in [1.82, 2.24) is 4.90 Å². The molecule has 1 aromatic carbocycles. The third kappa shape index (κ3) is 3.94. The van der Waals surface area contributed by atoms with E-state index < -0.39 is 0 Å². The molecule has 1 amide bonds. The summed E-state index contributed by atoms with van der Waals surface area (Å²) in [7, 11) is 3.52. The summed E-state index contributed by atoms with van der Waals surface area (Å²) in [5.41, 5.74) is 1.62. The van der Waals surface area contributed by atoms with Crippen molar-refractivity contribution in [2.75, 3.05) is 26.0 Å². The van der Waals surface area contributed by atoms with Crippen LogP contribution in [0.2, 0.25) is 0 Å². The summed E-state index contributed by atoms with van der Waals surface area (Å²) >= 11 is 0. The van der Waals surface area contributed by atoms with Crippen LogP contribution in [0.4, 0.5) is 5.69 Å². The predicted octanol–water partition coefficient (Wildman–Crippen LogP) is 2.77. The summed E-state index contributed by atoms with van der Waals surface area (Å²) in [5, 5.41) is 3.29. The van der Waals surface area contributed by atoms with Gasteiger partial charge in [-0.2, -0.15) is 0 Å². The summed E-state index contributed by atoms with van der Waals surface area (Å²) in [4.78, 5) is 13.5. The molecule has 0 aliphatic carbocycles. The van der Waals surface area contributed by atoms with Gasteiger partial charge in [0.25, 0.3) is 5.91 Å². The Kier molecular flexibility index (Phi) is 5.27. The molecule has 0 heterocycles. The Morgan fingerprint density at radius 3 is 2.76 bits per heavy atom. The van der Waals surface area contributed by atoms with Gasteiger partial charge in [-0.25, -0.2) is 0 Å². The number of anilines is 1. The van der Waals surface area contributed by atoms with Gasteiger partial charge in [0.15, 0.2) is 0 Å². The van der Waals surface area contributed by atoms with Crippen molar-refractivity contribution in [3.05, 3.63) is 42.5 Å². The zero-order valence-corrected chi connectivity index (χ0v) is 10.6. The number of hydrogen-bond donors (Lipinski definition) is 1. The summed E-state index contributed by atoms with van der Waals surface area (Å²) in [6, 6.07) is 7.59. The topological polar surface area (TPSA) is 32.3 Å². The monoisotopic (exact) mass is 232 g/mol. The number of nitrogens with one attached hydrogen (secondary N) is 1. The van der Waals surface area contributed by atoms with Gasteiger partial charge in [0.2, 0.25) is 0 Å². The number of hydrogen-bond acceptors (Lipinski definition) is 2. The smallest absolute Gasteiger partial charge is 0.255 e. The largest absolute Gasteiger partial charge is 0.384 e. The average molecular weight is 232 g/mol. The van der Waals surface area contributed by atoms with Crippen molar-refractivity contribution < 1.29 is 4.79 Å². The van der Waals surface area contributed by atoms with Crippen LogP contribution < -0.4 is 5.32 Å². The first-order chi connectivity index (χ1) is 8.16. The third-order valence-corrected chi connectivity index (χ3v) is 2.46. The van der Waals surface area contributed by atoms with Crippen molar-refractivity contribution in [2.45, 2.75) is 12.8 Å². The second-order valence-corrected chi connectivity index (χ2v) is 4.10. The highest BCUT2D eigenvalue weighted by atomic mass is 16.2. The van der Waals surface area contributed by atoms with Gasteiger partial charge in [0, 0.05) is 26.3 Å². The molecule has 0 aromatic heterocycles. The maximum absolute atomic E-state index is 11.9. The lowest BCUT2D eigenvalue weighted by Crippen LogP contribution is -2.23. The van der Waals surface area contributed by atoms with E-state index in [0.29, 0.717) is 0 Å². The molecule has 0 bridgehead atoms. The number of nitrogens with zero attached hydrogens (tertiary/aromatic N) is 1. The Morgan fingerprint density at radius 2 is 2.12 bits per heavy atom. The van der Waals surface area contributed by atoms with E-state index in [9.17, 15) is 4.79 Å². The van der Waals surface area contributed by atoms with E-state index in [-0.39, 0.29) is 5.91 Å². The fourth-order valence-corrected chi connectivity index (χ4v) is 1.53. The van der Waals surface area contributed by atoms with E-state index in [2.05, 4.69) is 11.9 Å². The highest BCUT2D eigenvalue weighted by Gasteiger charge is 2.11. The Balaban J connectivity index is 2.71. The zero-order valence-electron chi connectivity index (χ0n) is 10.6. The van der Waals surface area contributed by atoms with E-state index >= 15 is 0 Å². The van der Waals surface area contributed by atoms with Gasteiger partial charge < -0.3 is 10.2 Å². The standard InChI is InChI=1S/C14H20N2O/c1-4-5-8-11-15-13-10-7-6-9-12(13)14(17)16(2)3/h4,6-7,9-10,15H,1,5,8,11H2,2-3H3. The molecule has 17 heavy (non-hydrogen) atoms. The number of allylic oxidation sites excluding steroid dienone is 1. The molecule has 0 atom stereocenters. The molecule has 0 radical (unpaired) electrons. The zero-order chi connectivity index (χ0) is 12.7. The van der Waals surface area contributed by atoms with Crippen molar-refractivity contribution >= 4 is 11.6 Å². The molecule has 1 rings (SSSR count). The number of rotatable bonds is 6. The van der Waals surface area contributed by atoms with Gasteiger partial charge in [-0.1, -0.05) is 18.2 Å². The van der Waals surface area contributed by atoms with Gasteiger partial charge in [-0.05, 0) is 25.0 Å². The summed E-state index contributed by atoms with van der Waals surface area (Å²) in [6.07, 6.45) is 3.91. The van der Waals surface area contributed by atoms with Gasteiger partial charge in [0.05, 0.1) is 5.56 Å². The average Bonchev–Trinajstić information content (AvgIpc) is 2.34. The third-order valence-electron chi connectivity index (χ3n) is 2.46. The molecule has 3 nitrogen and oxygen atoms in total. The number of benzene rings is 1. The van der Waals surface area contributed by atoms with E-state index in [1.54, 1.807) is 19.0 Å². The number of carbonyl (C=O) groups is 1. The molecule has 0 saturated heterocycles. The van der Waals surface area contributed by atoms with E-state index in [4.69, 9.17) is 0 Å². The molecule has 0 fully saturated rings. The molecular weight excluding hydrogens is 212 g/mol.